The molecule has 1 saturated carbocycles. The van der Waals surface area contributed by atoms with E-state index in [1.807, 2.05) is 0 Å². The summed E-state index contributed by atoms with van der Waals surface area (Å²) in [6.07, 6.45) is 4.34. The van der Waals surface area contributed by atoms with Gasteiger partial charge in [-0.15, -0.1) is 0 Å². The molecule has 148 valence electrons. The second kappa shape index (κ2) is 8.42. The number of anilines is 1. The maximum absolute atomic E-state index is 13.4. The van der Waals surface area contributed by atoms with Gasteiger partial charge < -0.3 is 14.8 Å². The second-order valence-corrected chi connectivity index (χ2v) is 7.01. The highest BCUT2D eigenvalue weighted by Gasteiger charge is 2.41. The molecule has 2 aromatic rings. The molecule has 0 atom stereocenters. The molecule has 0 bridgehead atoms. The highest BCUT2D eigenvalue weighted by Crippen LogP contribution is 2.40. The van der Waals surface area contributed by atoms with Crippen LogP contribution in [0, 0.1) is 5.82 Å². The van der Waals surface area contributed by atoms with Gasteiger partial charge in [0.15, 0.2) is 0 Å². The molecule has 0 heterocycles. The molecule has 1 amide bonds. The molecule has 0 radical (unpaired) electrons. The summed E-state index contributed by atoms with van der Waals surface area (Å²) in [6.45, 7) is 0. The summed E-state index contributed by atoms with van der Waals surface area (Å²) >= 11 is 0. The predicted octanol–water partition coefficient (Wildman–Crippen LogP) is 4.46. The van der Waals surface area contributed by atoms with Gasteiger partial charge in [-0.1, -0.05) is 31.4 Å². The van der Waals surface area contributed by atoms with Crippen molar-refractivity contribution in [3.8, 4) is 5.75 Å². The van der Waals surface area contributed by atoms with Gasteiger partial charge in [-0.2, -0.15) is 0 Å². The fourth-order valence-corrected chi connectivity index (χ4v) is 3.88. The van der Waals surface area contributed by atoms with Gasteiger partial charge >= 0.3 is 5.97 Å². The van der Waals surface area contributed by atoms with E-state index in [4.69, 9.17) is 9.47 Å². The van der Waals surface area contributed by atoms with Gasteiger partial charge in [0.05, 0.1) is 19.6 Å². The van der Waals surface area contributed by atoms with Crippen molar-refractivity contribution >= 4 is 17.6 Å². The van der Waals surface area contributed by atoms with E-state index in [-0.39, 0.29) is 17.3 Å². The SMILES string of the molecule is COC(=O)c1cc(NC(=O)C2(c3ccc(F)cc3)CCCCC2)ccc1OC. The van der Waals surface area contributed by atoms with Crippen LogP contribution in [0.2, 0.25) is 0 Å². The third-order valence-electron chi connectivity index (χ3n) is 5.40. The Hall–Kier alpha value is -2.89. The lowest BCUT2D eigenvalue weighted by Crippen LogP contribution is -2.42. The lowest BCUT2D eigenvalue weighted by molar-refractivity contribution is -0.122. The van der Waals surface area contributed by atoms with E-state index < -0.39 is 11.4 Å². The first-order valence-corrected chi connectivity index (χ1v) is 9.34. The van der Waals surface area contributed by atoms with Crippen molar-refractivity contribution < 1.29 is 23.5 Å². The van der Waals surface area contributed by atoms with Crippen molar-refractivity contribution in [3.05, 3.63) is 59.4 Å². The van der Waals surface area contributed by atoms with Gasteiger partial charge in [0.2, 0.25) is 5.91 Å². The predicted molar refractivity (Wildman–Crippen MR) is 104 cm³/mol. The largest absolute Gasteiger partial charge is 0.496 e. The molecule has 1 fully saturated rings. The highest BCUT2D eigenvalue weighted by atomic mass is 19.1. The Kier molecular flexibility index (Phi) is 5.97. The first kappa shape index (κ1) is 19.9. The summed E-state index contributed by atoms with van der Waals surface area (Å²) in [5.74, 6) is -0.651. The molecular formula is C22H24FNO4. The normalized spacial score (nSPS) is 15.5. The van der Waals surface area contributed by atoms with Crippen LogP contribution in [0.5, 0.6) is 5.75 Å². The van der Waals surface area contributed by atoms with Gasteiger partial charge in [0.25, 0.3) is 0 Å². The first-order valence-electron chi connectivity index (χ1n) is 9.34. The number of carbonyl (C=O) groups is 2. The fraction of sp³-hybridized carbons (Fsp3) is 0.364. The summed E-state index contributed by atoms with van der Waals surface area (Å²) < 4.78 is 23.4. The number of nitrogens with one attached hydrogen (secondary N) is 1. The molecule has 28 heavy (non-hydrogen) atoms. The first-order chi connectivity index (χ1) is 13.5. The number of rotatable bonds is 5. The molecular weight excluding hydrogens is 361 g/mol. The Morgan fingerprint density at radius 3 is 2.29 bits per heavy atom. The molecule has 0 saturated heterocycles. The van der Waals surface area contributed by atoms with Crippen LogP contribution in [0.4, 0.5) is 10.1 Å². The molecule has 1 aliphatic carbocycles. The molecule has 5 nitrogen and oxygen atoms in total. The zero-order valence-electron chi connectivity index (χ0n) is 16.1. The standard InChI is InChI=1S/C22H24FNO4/c1-27-19-11-10-17(14-18(19)20(25)28-2)24-21(26)22(12-4-3-5-13-22)15-6-8-16(23)9-7-15/h6-11,14H,3-5,12-13H2,1-2H3,(H,24,26). The summed E-state index contributed by atoms with van der Waals surface area (Å²) in [4.78, 5) is 25.3. The number of hydrogen-bond acceptors (Lipinski definition) is 4. The summed E-state index contributed by atoms with van der Waals surface area (Å²) in [5, 5.41) is 2.94. The van der Waals surface area contributed by atoms with Crippen LogP contribution in [0.3, 0.4) is 0 Å². The van der Waals surface area contributed by atoms with Gasteiger partial charge in [0, 0.05) is 5.69 Å². The van der Waals surface area contributed by atoms with Gasteiger partial charge in [0.1, 0.15) is 17.1 Å². The molecule has 2 aromatic carbocycles. The van der Waals surface area contributed by atoms with E-state index in [1.165, 1.54) is 26.4 Å². The third kappa shape index (κ3) is 3.86. The number of benzene rings is 2. The third-order valence-corrected chi connectivity index (χ3v) is 5.40. The van der Waals surface area contributed by atoms with Gasteiger partial charge in [-0.05, 0) is 48.7 Å². The number of carbonyl (C=O) groups excluding carboxylic acids is 2. The number of hydrogen-bond donors (Lipinski definition) is 1. The number of amides is 1. The minimum Gasteiger partial charge on any atom is -0.496 e. The van der Waals surface area contributed by atoms with E-state index >= 15 is 0 Å². The van der Waals surface area contributed by atoms with Crippen molar-refractivity contribution in [1.82, 2.24) is 0 Å². The minimum absolute atomic E-state index is 0.153. The van der Waals surface area contributed by atoms with E-state index in [0.29, 0.717) is 24.3 Å². The quantitative estimate of drug-likeness (QED) is 0.772. The zero-order valence-corrected chi connectivity index (χ0v) is 16.1. The number of halogens is 1. The van der Waals surface area contributed by atoms with Crippen LogP contribution in [0.25, 0.3) is 0 Å². The lowest BCUT2D eigenvalue weighted by Gasteiger charge is -2.36. The highest BCUT2D eigenvalue weighted by molar-refractivity contribution is 6.01. The molecule has 0 aliphatic heterocycles. The van der Waals surface area contributed by atoms with E-state index in [0.717, 1.165) is 24.8 Å². The Morgan fingerprint density at radius 2 is 1.68 bits per heavy atom. The van der Waals surface area contributed by atoms with Crippen LogP contribution >= 0.6 is 0 Å². The van der Waals surface area contributed by atoms with Crippen LogP contribution in [0.1, 0.15) is 48.0 Å². The molecule has 6 heteroatoms. The van der Waals surface area contributed by atoms with Crippen LogP contribution in [-0.2, 0) is 14.9 Å². The fourth-order valence-electron chi connectivity index (χ4n) is 3.88. The maximum atomic E-state index is 13.4. The van der Waals surface area contributed by atoms with Crippen LogP contribution in [0.15, 0.2) is 42.5 Å². The average Bonchev–Trinajstić information content (AvgIpc) is 2.74. The van der Waals surface area contributed by atoms with Crippen molar-refractivity contribution in [1.29, 1.82) is 0 Å². The number of esters is 1. The molecule has 0 unspecified atom stereocenters. The van der Waals surface area contributed by atoms with Gasteiger partial charge in [-0.25, -0.2) is 9.18 Å². The Balaban J connectivity index is 1.92. The zero-order chi connectivity index (χ0) is 20.1. The van der Waals surface area contributed by atoms with Crippen LogP contribution < -0.4 is 10.1 Å². The smallest absolute Gasteiger partial charge is 0.341 e. The lowest BCUT2D eigenvalue weighted by atomic mass is 9.68. The maximum Gasteiger partial charge on any atom is 0.341 e. The van der Waals surface area contributed by atoms with E-state index in [9.17, 15) is 14.0 Å². The number of ether oxygens (including phenoxy) is 2. The monoisotopic (exact) mass is 385 g/mol. The summed E-state index contributed by atoms with van der Waals surface area (Å²) in [5.41, 5.74) is 0.824. The van der Waals surface area contributed by atoms with Gasteiger partial charge in [-0.3, -0.25) is 4.79 Å². The topological polar surface area (TPSA) is 64.6 Å². The summed E-state index contributed by atoms with van der Waals surface area (Å²) in [6, 6.07) is 11.0. The van der Waals surface area contributed by atoms with Crippen molar-refractivity contribution in [2.75, 3.05) is 19.5 Å². The number of methoxy groups -OCH3 is 2. The Bertz CT molecular complexity index is 857. The van der Waals surface area contributed by atoms with Crippen LogP contribution in [-0.4, -0.2) is 26.1 Å². The second-order valence-electron chi connectivity index (χ2n) is 7.01. The minimum atomic E-state index is -0.711. The molecule has 0 spiro atoms. The molecule has 1 aliphatic rings. The molecule has 0 aromatic heterocycles. The molecule has 1 N–H and O–H groups in total. The summed E-state index contributed by atoms with van der Waals surface area (Å²) in [7, 11) is 2.75. The van der Waals surface area contributed by atoms with Crippen molar-refractivity contribution in [2.45, 2.75) is 37.5 Å². The Labute approximate surface area is 163 Å². The van der Waals surface area contributed by atoms with Crippen molar-refractivity contribution in [2.24, 2.45) is 0 Å². The van der Waals surface area contributed by atoms with E-state index in [2.05, 4.69) is 5.32 Å². The van der Waals surface area contributed by atoms with Crippen molar-refractivity contribution in [3.63, 3.8) is 0 Å². The Morgan fingerprint density at radius 1 is 1.00 bits per heavy atom. The van der Waals surface area contributed by atoms with E-state index in [1.54, 1.807) is 30.3 Å². The average molecular weight is 385 g/mol. The molecule has 3 rings (SSSR count).